The summed E-state index contributed by atoms with van der Waals surface area (Å²) in [5.41, 5.74) is 5.92. The van der Waals surface area contributed by atoms with Gasteiger partial charge in [0.05, 0.1) is 7.11 Å². The Morgan fingerprint density at radius 1 is 1.13 bits per heavy atom. The minimum Gasteiger partial charge on any atom is -0.497 e. The number of aromatic amines is 1. The minimum atomic E-state index is 0.129. The Hall–Kier alpha value is -3.05. The largest absolute Gasteiger partial charge is 0.497 e. The SMILES string of the molecule is COc1ccc2[nH]c3c(c2c1)CCN(CCCn1cc(C(C)=O)c2ccccc21)C3. The second kappa shape index (κ2) is 7.65. The molecule has 154 valence electrons. The number of nitrogens with zero attached hydrogens (tertiary/aromatic N) is 2. The molecule has 3 heterocycles. The average Bonchev–Trinajstić information content (AvgIpc) is 3.31. The number of methoxy groups -OCH3 is 1. The van der Waals surface area contributed by atoms with Gasteiger partial charge in [-0.1, -0.05) is 18.2 Å². The van der Waals surface area contributed by atoms with E-state index >= 15 is 0 Å². The number of ketones is 1. The first-order valence-electron chi connectivity index (χ1n) is 10.6. The summed E-state index contributed by atoms with van der Waals surface area (Å²) in [5.74, 6) is 1.04. The molecule has 0 radical (unpaired) electrons. The molecule has 2 aromatic heterocycles. The van der Waals surface area contributed by atoms with Crippen LogP contribution in [0, 0.1) is 0 Å². The normalized spacial score (nSPS) is 14.3. The number of H-pyrrole nitrogens is 1. The number of aryl methyl sites for hydroxylation is 1. The van der Waals surface area contributed by atoms with Gasteiger partial charge in [0.25, 0.3) is 0 Å². The van der Waals surface area contributed by atoms with E-state index in [2.05, 4.69) is 32.7 Å². The third-order valence-corrected chi connectivity index (χ3v) is 6.30. The van der Waals surface area contributed by atoms with E-state index in [4.69, 9.17) is 4.74 Å². The summed E-state index contributed by atoms with van der Waals surface area (Å²) in [6.45, 7) is 5.63. The number of hydrogen-bond donors (Lipinski definition) is 1. The third-order valence-electron chi connectivity index (χ3n) is 6.30. The summed E-state index contributed by atoms with van der Waals surface area (Å²) in [7, 11) is 1.72. The first-order chi connectivity index (χ1) is 14.6. The van der Waals surface area contributed by atoms with Crippen LogP contribution in [0.15, 0.2) is 48.7 Å². The van der Waals surface area contributed by atoms with Crippen molar-refractivity contribution in [1.29, 1.82) is 0 Å². The maximum atomic E-state index is 12.0. The van der Waals surface area contributed by atoms with Crippen LogP contribution in [0.2, 0.25) is 0 Å². The molecule has 0 spiro atoms. The van der Waals surface area contributed by atoms with E-state index in [9.17, 15) is 4.79 Å². The molecule has 0 bridgehead atoms. The summed E-state index contributed by atoms with van der Waals surface area (Å²) < 4.78 is 7.63. The number of hydrogen-bond acceptors (Lipinski definition) is 3. The molecule has 1 N–H and O–H groups in total. The molecule has 5 rings (SSSR count). The van der Waals surface area contributed by atoms with Crippen LogP contribution in [0.3, 0.4) is 0 Å². The molecule has 5 heteroatoms. The molecule has 0 saturated heterocycles. The van der Waals surface area contributed by atoms with Crippen LogP contribution in [-0.4, -0.2) is 40.4 Å². The number of benzene rings is 2. The Morgan fingerprint density at radius 3 is 2.83 bits per heavy atom. The van der Waals surface area contributed by atoms with Gasteiger partial charge < -0.3 is 14.3 Å². The lowest BCUT2D eigenvalue weighted by Gasteiger charge is -2.27. The van der Waals surface area contributed by atoms with Gasteiger partial charge in [-0.15, -0.1) is 0 Å². The molecule has 0 fully saturated rings. The molecule has 0 aliphatic carbocycles. The standard InChI is InChI=1S/C25H27N3O2/c1-17(29)22-15-28(25-7-4-3-6-20(22)25)12-5-11-27-13-10-19-21-14-18(30-2)8-9-23(21)26-24(19)16-27/h3-4,6-9,14-15,26H,5,10-13,16H2,1-2H3. The second-order valence-electron chi connectivity index (χ2n) is 8.18. The van der Waals surface area contributed by atoms with Crippen LogP contribution < -0.4 is 4.74 Å². The van der Waals surface area contributed by atoms with Gasteiger partial charge in [-0.25, -0.2) is 0 Å². The van der Waals surface area contributed by atoms with Crippen LogP contribution >= 0.6 is 0 Å². The van der Waals surface area contributed by atoms with Gasteiger partial charge in [0.1, 0.15) is 5.75 Å². The predicted octanol–water partition coefficient (Wildman–Crippen LogP) is 4.78. The fraction of sp³-hybridized carbons (Fsp3) is 0.320. The van der Waals surface area contributed by atoms with Crippen molar-refractivity contribution in [3.63, 3.8) is 0 Å². The Kier molecular flexibility index (Phi) is 4.83. The van der Waals surface area contributed by atoms with E-state index in [1.165, 1.54) is 22.2 Å². The smallest absolute Gasteiger partial charge is 0.161 e. The molecule has 4 aromatic rings. The van der Waals surface area contributed by atoms with Gasteiger partial charge in [0, 0.05) is 65.4 Å². The van der Waals surface area contributed by atoms with Crippen molar-refractivity contribution in [2.75, 3.05) is 20.2 Å². The number of fused-ring (bicyclic) bond motifs is 4. The van der Waals surface area contributed by atoms with E-state index in [0.717, 1.165) is 61.2 Å². The lowest BCUT2D eigenvalue weighted by molar-refractivity contribution is 0.101. The average molecular weight is 402 g/mol. The van der Waals surface area contributed by atoms with Gasteiger partial charge in [0.2, 0.25) is 0 Å². The maximum Gasteiger partial charge on any atom is 0.161 e. The molecule has 0 saturated carbocycles. The second-order valence-corrected chi connectivity index (χ2v) is 8.18. The molecule has 0 unspecified atom stereocenters. The summed E-state index contributed by atoms with van der Waals surface area (Å²) in [6.07, 6.45) is 4.13. The molecule has 1 aliphatic heterocycles. The molecule has 1 aliphatic rings. The highest BCUT2D eigenvalue weighted by atomic mass is 16.5. The monoisotopic (exact) mass is 401 g/mol. The van der Waals surface area contributed by atoms with Gasteiger partial charge in [0.15, 0.2) is 5.78 Å². The molecule has 2 aromatic carbocycles. The molecular weight excluding hydrogens is 374 g/mol. The minimum absolute atomic E-state index is 0.129. The lowest BCUT2D eigenvalue weighted by Crippen LogP contribution is -2.31. The van der Waals surface area contributed by atoms with Crippen molar-refractivity contribution in [1.82, 2.24) is 14.5 Å². The Morgan fingerprint density at radius 2 is 2.00 bits per heavy atom. The zero-order valence-corrected chi connectivity index (χ0v) is 17.6. The summed E-state index contributed by atoms with van der Waals surface area (Å²) >= 11 is 0. The predicted molar refractivity (Wildman–Crippen MR) is 120 cm³/mol. The van der Waals surface area contributed by atoms with E-state index in [-0.39, 0.29) is 5.78 Å². The number of ether oxygens (including phenoxy) is 1. The highest BCUT2D eigenvalue weighted by Gasteiger charge is 2.21. The molecule has 0 amide bonds. The summed E-state index contributed by atoms with van der Waals surface area (Å²) in [6, 6.07) is 14.5. The summed E-state index contributed by atoms with van der Waals surface area (Å²) in [4.78, 5) is 18.1. The van der Waals surface area contributed by atoms with Gasteiger partial charge in [-0.2, -0.15) is 0 Å². The zero-order valence-electron chi connectivity index (χ0n) is 17.6. The quantitative estimate of drug-likeness (QED) is 0.473. The van der Waals surface area contributed by atoms with Gasteiger partial charge in [-0.3, -0.25) is 9.69 Å². The van der Waals surface area contributed by atoms with E-state index in [1.54, 1.807) is 14.0 Å². The fourth-order valence-electron chi connectivity index (χ4n) is 4.77. The van der Waals surface area contributed by atoms with Crippen molar-refractivity contribution in [3.05, 3.63) is 65.5 Å². The molecule has 5 nitrogen and oxygen atoms in total. The van der Waals surface area contributed by atoms with Crippen molar-refractivity contribution in [2.45, 2.75) is 32.9 Å². The van der Waals surface area contributed by atoms with Crippen LogP contribution in [0.5, 0.6) is 5.75 Å². The maximum absolute atomic E-state index is 12.0. The molecular formula is C25H27N3O2. The third kappa shape index (κ3) is 3.29. The van der Waals surface area contributed by atoms with Crippen LogP contribution in [0.25, 0.3) is 21.8 Å². The van der Waals surface area contributed by atoms with Crippen molar-refractivity contribution >= 4 is 27.6 Å². The topological polar surface area (TPSA) is 50.3 Å². The fourth-order valence-corrected chi connectivity index (χ4v) is 4.77. The number of nitrogens with one attached hydrogen (secondary N) is 1. The zero-order chi connectivity index (χ0) is 20.7. The number of carbonyl (C=O) groups excluding carboxylic acids is 1. The summed E-state index contributed by atoms with van der Waals surface area (Å²) in [5, 5.41) is 2.35. The number of Topliss-reactive ketones (excluding diaryl/α,β-unsaturated/α-hetero) is 1. The number of aromatic nitrogens is 2. The van der Waals surface area contributed by atoms with Gasteiger partial charge in [-0.05, 0) is 49.6 Å². The first-order valence-corrected chi connectivity index (χ1v) is 10.6. The number of para-hydroxylation sites is 1. The van der Waals surface area contributed by atoms with Crippen molar-refractivity contribution < 1.29 is 9.53 Å². The van der Waals surface area contributed by atoms with Gasteiger partial charge >= 0.3 is 0 Å². The van der Waals surface area contributed by atoms with E-state index in [1.807, 2.05) is 30.5 Å². The highest BCUT2D eigenvalue weighted by Crippen LogP contribution is 2.30. The molecule has 30 heavy (non-hydrogen) atoms. The molecule has 0 atom stereocenters. The highest BCUT2D eigenvalue weighted by molar-refractivity contribution is 6.06. The van der Waals surface area contributed by atoms with Crippen LogP contribution in [0.1, 0.15) is 35.0 Å². The Balaban J connectivity index is 1.28. The van der Waals surface area contributed by atoms with Crippen molar-refractivity contribution in [2.24, 2.45) is 0 Å². The Labute approximate surface area is 176 Å². The number of rotatable bonds is 6. The first kappa shape index (κ1) is 18.9. The lowest BCUT2D eigenvalue weighted by atomic mass is 10.0. The van der Waals surface area contributed by atoms with Crippen molar-refractivity contribution in [3.8, 4) is 5.75 Å². The van der Waals surface area contributed by atoms with E-state index < -0.39 is 0 Å². The van der Waals surface area contributed by atoms with E-state index in [0.29, 0.717) is 0 Å². The van der Waals surface area contributed by atoms with Crippen LogP contribution in [0.4, 0.5) is 0 Å². The number of carbonyl (C=O) groups is 1. The Bertz CT molecular complexity index is 1230. The van der Waals surface area contributed by atoms with Crippen LogP contribution in [-0.2, 0) is 19.5 Å².